The summed E-state index contributed by atoms with van der Waals surface area (Å²) in [6.45, 7) is 2.00. The summed E-state index contributed by atoms with van der Waals surface area (Å²) in [5.41, 5.74) is 1.17. The van der Waals surface area contributed by atoms with Crippen LogP contribution in [-0.4, -0.2) is 34.8 Å². The minimum absolute atomic E-state index is 0.341. The predicted octanol–water partition coefficient (Wildman–Crippen LogP) is 2.46. The summed E-state index contributed by atoms with van der Waals surface area (Å²) in [7, 11) is 0. The molecule has 8 heteroatoms. The van der Waals surface area contributed by atoms with Crippen LogP contribution in [0, 0.1) is 0 Å². The maximum Gasteiger partial charge on any atom is 0.405 e. The van der Waals surface area contributed by atoms with Gasteiger partial charge < -0.3 is 14.6 Å². The Morgan fingerprint density at radius 1 is 1.35 bits per heavy atom. The van der Waals surface area contributed by atoms with Crippen LogP contribution in [0.25, 0.3) is 5.70 Å². The number of rotatable bonds is 6. The molecule has 2 rings (SSSR count). The molecule has 0 saturated carbocycles. The number of amides is 1. The quantitative estimate of drug-likeness (QED) is 0.888. The maximum absolute atomic E-state index is 12.0. The highest BCUT2D eigenvalue weighted by molar-refractivity contribution is 5.78. The zero-order valence-corrected chi connectivity index (χ0v) is 12.0. The van der Waals surface area contributed by atoms with Gasteiger partial charge in [0.05, 0.1) is 12.0 Å². The summed E-state index contributed by atoms with van der Waals surface area (Å²) in [4.78, 5) is 15.3. The Morgan fingerprint density at radius 3 is 2.74 bits per heavy atom. The third-order valence-electron chi connectivity index (χ3n) is 2.86. The number of hydrogen-bond donors (Lipinski definition) is 1. The maximum atomic E-state index is 12.0. The van der Waals surface area contributed by atoms with Gasteiger partial charge >= 0.3 is 6.18 Å². The number of nitrogens with one attached hydrogen (secondary N) is 1. The molecular weight excluding hydrogens is 311 g/mol. The van der Waals surface area contributed by atoms with E-state index in [2.05, 4.69) is 11.6 Å². The van der Waals surface area contributed by atoms with Crippen molar-refractivity contribution in [1.29, 1.82) is 0 Å². The number of carbonyl (C=O) groups is 1. The van der Waals surface area contributed by atoms with Gasteiger partial charge in [-0.1, -0.05) is 18.7 Å². The van der Waals surface area contributed by atoms with Crippen molar-refractivity contribution >= 4 is 11.6 Å². The third kappa shape index (κ3) is 4.87. The fourth-order valence-corrected chi connectivity index (χ4v) is 1.78. The van der Waals surface area contributed by atoms with Crippen LogP contribution in [0.1, 0.15) is 5.56 Å². The molecule has 0 radical (unpaired) electrons. The van der Waals surface area contributed by atoms with Crippen molar-refractivity contribution in [1.82, 2.24) is 14.9 Å². The number of carbonyl (C=O) groups excluding carboxylic acids is 1. The van der Waals surface area contributed by atoms with Crippen LogP contribution in [0.2, 0.25) is 0 Å². The molecule has 0 unspecified atom stereocenters. The van der Waals surface area contributed by atoms with Gasteiger partial charge in [0.25, 0.3) is 5.91 Å². The van der Waals surface area contributed by atoms with E-state index < -0.39 is 25.2 Å². The van der Waals surface area contributed by atoms with Gasteiger partial charge in [-0.3, -0.25) is 4.79 Å². The first-order valence-corrected chi connectivity index (χ1v) is 6.60. The van der Waals surface area contributed by atoms with E-state index in [4.69, 9.17) is 4.74 Å². The summed E-state index contributed by atoms with van der Waals surface area (Å²) in [5, 5.41) is 1.74. The predicted molar refractivity (Wildman–Crippen MR) is 77.7 cm³/mol. The summed E-state index contributed by atoms with van der Waals surface area (Å²) >= 11 is 0. The molecule has 0 aliphatic heterocycles. The average molecular weight is 325 g/mol. The molecule has 5 nitrogen and oxygen atoms in total. The van der Waals surface area contributed by atoms with Gasteiger partial charge in [0, 0.05) is 18.0 Å². The molecule has 1 aromatic carbocycles. The average Bonchev–Trinajstić information content (AvgIpc) is 3.04. The lowest BCUT2D eigenvalue weighted by Crippen LogP contribution is -2.36. The minimum Gasteiger partial charge on any atom is -0.483 e. The van der Waals surface area contributed by atoms with Crippen LogP contribution >= 0.6 is 0 Å². The lowest BCUT2D eigenvalue weighted by Gasteiger charge is -2.14. The molecule has 0 saturated heterocycles. The summed E-state index contributed by atoms with van der Waals surface area (Å²) in [6.07, 6.45) is 0.368. The lowest BCUT2D eigenvalue weighted by atomic mass is 10.1. The van der Waals surface area contributed by atoms with Crippen molar-refractivity contribution in [3.8, 4) is 5.75 Å². The van der Waals surface area contributed by atoms with E-state index in [1.54, 1.807) is 52.9 Å². The molecular formula is C15H14F3N3O2. The largest absolute Gasteiger partial charge is 0.483 e. The number of benzene rings is 1. The number of alkyl halides is 3. The van der Waals surface area contributed by atoms with E-state index in [0.29, 0.717) is 17.0 Å². The highest BCUT2D eigenvalue weighted by Gasteiger charge is 2.27. The Labute approximate surface area is 130 Å². The molecule has 0 fully saturated rings. The van der Waals surface area contributed by atoms with Crippen molar-refractivity contribution in [2.45, 2.75) is 6.18 Å². The van der Waals surface area contributed by atoms with E-state index in [0.717, 1.165) is 0 Å². The molecule has 0 bridgehead atoms. The van der Waals surface area contributed by atoms with Crippen LogP contribution in [0.5, 0.6) is 5.75 Å². The standard InChI is InChI=1S/C15H14F3N3O2/c1-11(21-7-6-19-10-21)12-4-2-3-5-13(12)23-8-14(22)20-9-15(16,17)18/h2-7,10H,1,8-9H2,(H,20,22). The van der Waals surface area contributed by atoms with E-state index >= 15 is 0 Å². The van der Waals surface area contributed by atoms with Crippen molar-refractivity contribution in [2.75, 3.05) is 13.2 Å². The van der Waals surface area contributed by atoms with Gasteiger partial charge in [0.15, 0.2) is 6.61 Å². The van der Waals surface area contributed by atoms with Crippen molar-refractivity contribution in [3.63, 3.8) is 0 Å². The van der Waals surface area contributed by atoms with Gasteiger partial charge in [0.2, 0.25) is 0 Å². The SMILES string of the molecule is C=C(c1ccccc1OCC(=O)NCC(F)(F)F)n1ccnc1. The lowest BCUT2D eigenvalue weighted by molar-refractivity contribution is -0.139. The normalized spacial score (nSPS) is 11.1. The minimum atomic E-state index is -4.46. The van der Waals surface area contributed by atoms with Crippen molar-refractivity contribution in [2.24, 2.45) is 0 Å². The second kappa shape index (κ2) is 6.99. The number of para-hydroxylation sites is 1. The summed E-state index contributed by atoms with van der Waals surface area (Å²) in [6, 6.07) is 6.78. The Balaban J connectivity index is 2.01. The van der Waals surface area contributed by atoms with E-state index in [9.17, 15) is 18.0 Å². The highest BCUT2D eigenvalue weighted by Crippen LogP contribution is 2.25. The van der Waals surface area contributed by atoms with Crippen LogP contribution in [0.4, 0.5) is 13.2 Å². The number of nitrogens with zero attached hydrogens (tertiary/aromatic N) is 2. The van der Waals surface area contributed by atoms with E-state index in [-0.39, 0.29) is 0 Å². The molecule has 0 atom stereocenters. The molecule has 122 valence electrons. The fourth-order valence-electron chi connectivity index (χ4n) is 1.78. The fraction of sp³-hybridized carbons (Fsp3) is 0.200. The molecule has 0 aliphatic carbocycles. The first kappa shape index (κ1) is 16.6. The number of imidazole rings is 1. The van der Waals surface area contributed by atoms with Crippen LogP contribution in [0.3, 0.4) is 0 Å². The monoisotopic (exact) mass is 325 g/mol. The molecule has 0 spiro atoms. The van der Waals surface area contributed by atoms with Crippen LogP contribution < -0.4 is 10.1 Å². The van der Waals surface area contributed by atoms with Gasteiger partial charge in [-0.2, -0.15) is 13.2 Å². The second-order valence-corrected chi connectivity index (χ2v) is 4.59. The summed E-state index contributed by atoms with van der Waals surface area (Å²) < 4.78 is 43.1. The molecule has 0 aliphatic rings. The first-order chi connectivity index (χ1) is 10.9. The number of halogens is 3. The Hall–Kier alpha value is -2.77. The Bertz CT molecular complexity index is 682. The van der Waals surface area contributed by atoms with Crippen LogP contribution in [-0.2, 0) is 4.79 Å². The topological polar surface area (TPSA) is 56.1 Å². The number of ether oxygens (including phenoxy) is 1. The number of hydrogen-bond acceptors (Lipinski definition) is 3. The smallest absolute Gasteiger partial charge is 0.405 e. The van der Waals surface area contributed by atoms with Gasteiger partial charge in [-0.15, -0.1) is 0 Å². The molecule has 23 heavy (non-hydrogen) atoms. The Kier molecular flexibility index (Phi) is 5.05. The van der Waals surface area contributed by atoms with Crippen molar-refractivity contribution in [3.05, 3.63) is 55.1 Å². The molecule has 1 N–H and O–H groups in total. The van der Waals surface area contributed by atoms with Gasteiger partial charge in [-0.25, -0.2) is 4.98 Å². The second-order valence-electron chi connectivity index (χ2n) is 4.59. The molecule has 1 amide bonds. The summed E-state index contributed by atoms with van der Waals surface area (Å²) in [5.74, 6) is -0.515. The van der Waals surface area contributed by atoms with Crippen molar-refractivity contribution < 1.29 is 22.7 Å². The van der Waals surface area contributed by atoms with Gasteiger partial charge in [-0.05, 0) is 12.1 Å². The zero-order valence-electron chi connectivity index (χ0n) is 12.0. The third-order valence-corrected chi connectivity index (χ3v) is 2.86. The first-order valence-electron chi connectivity index (χ1n) is 6.60. The van der Waals surface area contributed by atoms with Crippen LogP contribution in [0.15, 0.2) is 49.6 Å². The van der Waals surface area contributed by atoms with E-state index in [1.165, 1.54) is 0 Å². The Morgan fingerprint density at radius 2 is 2.09 bits per heavy atom. The van der Waals surface area contributed by atoms with Gasteiger partial charge in [0.1, 0.15) is 12.3 Å². The highest BCUT2D eigenvalue weighted by atomic mass is 19.4. The molecule has 2 aromatic rings. The molecule has 1 aromatic heterocycles. The van der Waals surface area contributed by atoms with E-state index in [1.807, 2.05) is 0 Å². The zero-order chi connectivity index (χ0) is 16.9. The molecule has 1 heterocycles. The number of aromatic nitrogens is 2.